The second-order valence-electron chi connectivity index (χ2n) is 7.69. The van der Waals surface area contributed by atoms with Crippen LogP contribution in [0.3, 0.4) is 0 Å². The van der Waals surface area contributed by atoms with E-state index in [4.69, 9.17) is 20.9 Å². The topological polar surface area (TPSA) is 92.4 Å². The summed E-state index contributed by atoms with van der Waals surface area (Å²) in [6, 6.07) is 5.17. The van der Waals surface area contributed by atoms with Gasteiger partial charge in [-0.1, -0.05) is 16.8 Å². The van der Waals surface area contributed by atoms with E-state index >= 15 is 0 Å². The average Bonchev–Trinajstić information content (AvgIpc) is 3.36. The molecule has 1 aliphatic heterocycles. The van der Waals surface area contributed by atoms with Crippen LogP contribution in [0.5, 0.6) is 0 Å². The predicted molar refractivity (Wildman–Crippen MR) is 102 cm³/mol. The number of halogens is 1. The van der Waals surface area contributed by atoms with Crippen LogP contribution in [0.25, 0.3) is 28.1 Å². The second kappa shape index (κ2) is 5.89. The van der Waals surface area contributed by atoms with Gasteiger partial charge < -0.3 is 14.5 Å². The van der Waals surface area contributed by atoms with Crippen molar-refractivity contribution in [2.24, 2.45) is 0 Å². The highest BCUT2D eigenvalue weighted by atomic mass is 35.5. The lowest BCUT2D eigenvalue weighted by atomic mass is 10.1. The quantitative estimate of drug-likeness (QED) is 0.376. The molecule has 0 spiro atoms. The Labute approximate surface area is 165 Å². The van der Waals surface area contributed by atoms with E-state index in [0.717, 1.165) is 17.6 Å². The number of hydrogen-bond donors (Lipinski definition) is 0. The Balaban J connectivity index is 1.65. The molecule has 3 aromatic heterocycles. The summed E-state index contributed by atoms with van der Waals surface area (Å²) in [5.74, 6) is 0.768. The first-order chi connectivity index (χ1) is 13.3. The number of aryl methyl sites for hydroxylation is 1. The number of rotatable bonds is 2. The van der Waals surface area contributed by atoms with Crippen molar-refractivity contribution in [3.8, 4) is 11.6 Å². The minimum Gasteiger partial charge on any atom is -0.618 e. The van der Waals surface area contributed by atoms with Gasteiger partial charge in [-0.3, -0.25) is 4.40 Å². The van der Waals surface area contributed by atoms with Crippen LogP contribution in [0.1, 0.15) is 44.3 Å². The smallest absolute Gasteiger partial charge is 0.279 e. The summed E-state index contributed by atoms with van der Waals surface area (Å²) in [6.07, 6.45) is 3.21. The maximum Gasteiger partial charge on any atom is 0.279 e. The third-order valence-corrected chi connectivity index (χ3v) is 5.47. The first-order valence-corrected chi connectivity index (χ1v) is 9.42. The molecule has 0 amide bonds. The molecule has 0 bridgehead atoms. The van der Waals surface area contributed by atoms with Gasteiger partial charge in [0.2, 0.25) is 17.0 Å². The molecule has 1 aromatic carbocycles. The fraction of sp³-hybridized carbons (Fsp3) is 0.368. The van der Waals surface area contributed by atoms with Gasteiger partial charge in [-0.05, 0) is 38.8 Å². The Kier molecular flexibility index (Phi) is 3.66. The fourth-order valence-electron chi connectivity index (χ4n) is 3.80. The van der Waals surface area contributed by atoms with Crippen molar-refractivity contribution in [1.82, 2.24) is 19.5 Å². The number of aromatic nitrogens is 5. The highest BCUT2D eigenvalue weighted by Crippen LogP contribution is 2.38. The molecule has 0 saturated carbocycles. The van der Waals surface area contributed by atoms with E-state index in [-0.39, 0.29) is 17.6 Å². The molecule has 9 heteroatoms. The third kappa shape index (κ3) is 2.56. The predicted octanol–water partition coefficient (Wildman–Crippen LogP) is 3.76. The molecular formula is C19H18ClN5O3. The average molecular weight is 400 g/mol. The number of hydrogen-bond acceptors (Lipinski definition) is 6. The first-order valence-electron chi connectivity index (χ1n) is 9.04. The van der Waals surface area contributed by atoms with E-state index in [0.29, 0.717) is 38.8 Å². The van der Waals surface area contributed by atoms with E-state index in [1.807, 2.05) is 18.2 Å². The fourth-order valence-corrected chi connectivity index (χ4v) is 3.96. The Bertz CT molecular complexity index is 1230. The minimum absolute atomic E-state index is 0.197. The van der Waals surface area contributed by atoms with Gasteiger partial charge in [-0.2, -0.15) is 9.71 Å². The Morgan fingerprint density at radius 1 is 1.36 bits per heavy atom. The summed E-state index contributed by atoms with van der Waals surface area (Å²) in [5, 5.41) is 17.4. The Morgan fingerprint density at radius 3 is 2.93 bits per heavy atom. The molecule has 0 aliphatic carbocycles. The molecule has 0 N–H and O–H groups in total. The van der Waals surface area contributed by atoms with E-state index in [1.54, 1.807) is 31.5 Å². The number of nitrogens with zero attached hydrogens (tertiary/aromatic N) is 5. The molecule has 28 heavy (non-hydrogen) atoms. The lowest BCUT2D eigenvalue weighted by Crippen LogP contribution is -2.32. The van der Waals surface area contributed by atoms with Crippen LogP contribution in [-0.4, -0.2) is 25.1 Å². The van der Waals surface area contributed by atoms with Gasteiger partial charge in [0.1, 0.15) is 23.5 Å². The van der Waals surface area contributed by atoms with Crippen LogP contribution >= 0.6 is 11.6 Å². The van der Waals surface area contributed by atoms with Crippen LogP contribution in [0.4, 0.5) is 0 Å². The second-order valence-corrected chi connectivity index (χ2v) is 8.12. The number of benzene rings is 1. The van der Waals surface area contributed by atoms with Crippen molar-refractivity contribution < 1.29 is 14.0 Å². The van der Waals surface area contributed by atoms with Gasteiger partial charge in [0.05, 0.1) is 5.60 Å². The van der Waals surface area contributed by atoms with Gasteiger partial charge in [0, 0.05) is 18.0 Å². The molecule has 0 radical (unpaired) electrons. The first kappa shape index (κ1) is 17.4. The Morgan fingerprint density at radius 2 is 2.18 bits per heavy atom. The number of ether oxygens (including phenoxy) is 1. The van der Waals surface area contributed by atoms with Crippen molar-refractivity contribution in [3.63, 3.8) is 0 Å². The summed E-state index contributed by atoms with van der Waals surface area (Å²) in [6.45, 7) is 5.82. The molecule has 8 nitrogen and oxygen atoms in total. The largest absolute Gasteiger partial charge is 0.618 e. The molecule has 1 aliphatic rings. The van der Waals surface area contributed by atoms with Crippen molar-refractivity contribution >= 4 is 28.2 Å². The van der Waals surface area contributed by atoms with Crippen molar-refractivity contribution in [1.29, 1.82) is 0 Å². The molecule has 1 fully saturated rings. The molecular weight excluding hydrogens is 382 g/mol. The van der Waals surface area contributed by atoms with E-state index in [2.05, 4.69) is 15.1 Å². The normalized spacial score (nSPS) is 19.1. The molecule has 144 valence electrons. The van der Waals surface area contributed by atoms with Gasteiger partial charge in [-0.25, -0.2) is 4.98 Å². The zero-order valence-electron chi connectivity index (χ0n) is 15.6. The summed E-state index contributed by atoms with van der Waals surface area (Å²) >= 11 is 6.06. The van der Waals surface area contributed by atoms with Gasteiger partial charge in [0.25, 0.3) is 5.89 Å². The van der Waals surface area contributed by atoms with Crippen LogP contribution in [-0.2, 0) is 4.74 Å². The van der Waals surface area contributed by atoms with Crippen LogP contribution in [0.2, 0.25) is 5.02 Å². The summed E-state index contributed by atoms with van der Waals surface area (Å²) in [5.41, 5.74) is 2.52. The number of imidazole rings is 1. The van der Waals surface area contributed by atoms with Crippen LogP contribution in [0, 0.1) is 12.1 Å². The van der Waals surface area contributed by atoms with Gasteiger partial charge in [-0.15, -0.1) is 0 Å². The monoisotopic (exact) mass is 399 g/mol. The zero-order chi connectivity index (χ0) is 19.6. The van der Waals surface area contributed by atoms with Crippen molar-refractivity contribution in [2.45, 2.75) is 45.3 Å². The zero-order valence-corrected chi connectivity index (χ0v) is 16.4. The molecule has 1 atom stereocenters. The van der Waals surface area contributed by atoms with E-state index in [9.17, 15) is 5.21 Å². The third-order valence-electron chi connectivity index (χ3n) is 5.23. The summed E-state index contributed by atoms with van der Waals surface area (Å²) < 4.78 is 14.1. The highest BCUT2D eigenvalue weighted by molar-refractivity contribution is 6.31. The maximum atomic E-state index is 12.8. The standard InChI is InChI=1S/C19H18ClN5O3/c1-10-16-15(18-22-17(23-28-18)14-6-7-19(2,3)27-14)21-9-24(16)12-5-4-11(20)8-13(12)25(10)26/h4-5,8-9,14H,6-7H2,1-3H3. The molecule has 1 unspecified atom stereocenters. The highest BCUT2D eigenvalue weighted by Gasteiger charge is 2.35. The van der Waals surface area contributed by atoms with Gasteiger partial charge >= 0.3 is 0 Å². The summed E-state index contributed by atoms with van der Waals surface area (Å²) in [7, 11) is 0. The van der Waals surface area contributed by atoms with Gasteiger partial charge in [0.15, 0.2) is 5.69 Å². The maximum absolute atomic E-state index is 12.8. The van der Waals surface area contributed by atoms with E-state index in [1.165, 1.54) is 0 Å². The Hall–Kier alpha value is -2.71. The van der Waals surface area contributed by atoms with Crippen molar-refractivity contribution in [2.75, 3.05) is 0 Å². The van der Waals surface area contributed by atoms with E-state index < -0.39 is 0 Å². The molecule has 5 rings (SSSR count). The minimum atomic E-state index is -0.199. The lowest BCUT2D eigenvalue weighted by molar-refractivity contribution is -0.583. The molecule has 1 saturated heterocycles. The van der Waals surface area contributed by atoms with Crippen LogP contribution < -0.4 is 4.73 Å². The molecule has 4 heterocycles. The summed E-state index contributed by atoms with van der Waals surface area (Å²) in [4.78, 5) is 8.95. The number of fused-ring (bicyclic) bond motifs is 3. The lowest BCUT2D eigenvalue weighted by Gasteiger charge is -2.17. The van der Waals surface area contributed by atoms with Crippen molar-refractivity contribution in [3.05, 3.63) is 46.3 Å². The molecule has 4 aromatic rings. The SMILES string of the molecule is Cc1c2c(-c3nc(C4CCC(C)(C)O4)no3)ncn2c2ccc(Cl)cc2[n+]1[O-]. The van der Waals surface area contributed by atoms with Crippen LogP contribution in [0.15, 0.2) is 29.0 Å².